The molecule has 1 aliphatic rings. The number of amidine groups is 1. The zero-order valence-corrected chi connectivity index (χ0v) is 15.5. The first-order chi connectivity index (χ1) is 12.5. The lowest BCUT2D eigenvalue weighted by molar-refractivity contribution is -0.120. The van der Waals surface area contributed by atoms with E-state index in [0.29, 0.717) is 42.4 Å². The van der Waals surface area contributed by atoms with Gasteiger partial charge < -0.3 is 14.6 Å². The minimum absolute atomic E-state index is 0.336. The number of aliphatic imine (C=N–C) groups is 1. The Morgan fingerprint density at radius 3 is 2.62 bits per heavy atom. The molecule has 0 saturated carbocycles. The van der Waals surface area contributed by atoms with Crippen molar-refractivity contribution in [3.05, 3.63) is 17.6 Å². The van der Waals surface area contributed by atoms with Crippen LogP contribution in [0.15, 0.2) is 15.5 Å². The van der Waals surface area contributed by atoms with Crippen molar-refractivity contribution < 1.29 is 18.8 Å². The van der Waals surface area contributed by atoms with Crippen LogP contribution in [0, 0.1) is 0 Å². The number of nitrogens with one attached hydrogen (secondary N) is 2. The SMILES string of the molecule is CCCCCN(C=O)C(CC)=Nc1cc(C2NC(=O)NC2=O)oc1CC. The van der Waals surface area contributed by atoms with E-state index in [0.717, 1.165) is 25.7 Å². The lowest BCUT2D eigenvalue weighted by atomic mass is 10.2. The van der Waals surface area contributed by atoms with Crippen molar-refractivity contribution in [2.75, 3.05) is 6.54 Å². The van der Waals surface area contributed by atoms with Gasteiger partial charge in [0.1, 0.15) is 23.0 Å². The summed E-state index contributed by atoms with van der Waals surface area (Å²) < 4.78 is 5.73. The molecule has 2 rings (SSSR count). The second-order valence-corrected chi connectivity index (χ2v) is 6.09. The normalized spacial score (nSPS) is 17.2. The van der Waals surface area contributed by atoms with Crippen molar-refractivity contribution in [3.8, 4) is 0 Å². The molecule has 2 N–H and O–H groups in total. The van der Waals surface area contributed by atoms with Gasteiger partial charge in [0, 0.05) is 25.5 Å². The van der Waals surface area contributed by atoms with Crippen LogP contribution in [0.5, 0.6) is 0 Å². The minimum atomic E-state index is -0.853. The van der Waals surface area contributed by atoms with Gasteiger partial charge >= 0.3 is 6.03 Å². The lowest BCUT2D eigenvalue weighted by Crippen LogP contribution is -2.30. The van der Waals surface area contributed by atoms with Crippen LogP contribution in [0.1, 0.15) is 64.0 Å². The zero-order valence-electron chi connectivity index (χ0n) is 15.5. The van der Waals surface area contributed by atoms with Crippen molar-refractivity contribution in [2.45, 2.75) is 58.9 Å². The summed E-state index contributed by atoms with van der Waals surface area (Å²) in [5.74, 6) is 1.15. The summed E-state index contributed by atoms with van der Waals surface area (Å²) in [7, 11) is 0. The van der Waals surface area contributed by atoms with Gasteiger partial charge in [-0.2, -0.15) is 0 Å². The van der Waals surface area contributed by atoms with Crippen molar-refractivity contribution in [3.63, 3.8) is 0 Å². The fourth-order valence-corrected chi connectivity index (χ4v) is 2.81. The number of rotatable bonds is 9. The van der Waals surface area contributed by atoms with E-state index in [1.54, 1.807) is 11.0 Å². The molecule has 1 saturated heterocycles. The van der Waals surface area contributed by atoms with E-state index in [1.807, 2.05) is 13.8 Å². The van der Waals surface area contributed by atoms with Crippen molar-refractivity contribution in [1.29, 1.82) is 0 Å². The lowest BCUT2D eigenvalue weighted by Gasteiger charge is -2.18. The molecule has 1 atom stereocenters. The fourth-order valence-electron chi connectivity index (χ4n) is 2.81. The van der Waals surface area contributed by atoms with Crippen LogP contribution in [0.3, 0.4) is 0 Å². The topological polar surface area (TPSA) is 104 Å². The summed E-state index contributed by atoms with van der Waals surface area (Å²) in [5.41, 5.74) is 0.579. The molecule has 8 heteroatoms. The number of unbranched alkanes of at least 4 members (excludes halogenated alkanes) is 2. The second-order valence-electron chi connectivity index (χ2n) is 6.09. The van der Waals surface area contributed by atoms with E-state index < -0.39 is 18.0 Å². The van der Waals surface area contributed by atoms with Gasteiger partial charge in [0.05, 0.1) is 0 Å². The maximum Gasteiger partial charge on any atom is 0.322 e. The Morgan fingerprint density at radius 1 is 1.31 bits per heavy atom. The Kier molecular flexibility index (Phi) is 6.94. The predicted octanol–water partition coefficient (Wildman–Crippen LogP) is 2.81. The molecule has 1 aliphatic heterocycles. The molecular weight excluding hydrogens is 336 g/mol. The monoisotopic (exact) mass is 362 g/mol. The number of carbonyl (C=O) groups is 3. The molecule has 0 spiro atoms. The molecule has 26 heavy (non-hydrogen) atoms. The maximum absolute atomic E-state index is 11.8. The van der Waals surface area contributed by atoms with Gasteiger partial charge in [-0.25, -0.2) is 9.79 Å². The first kappa shape index (κ1) is 19.7. The number of imide groups is 1. The third kappa shape index (κ3) is 4.50. The number of furan rings is 1. The number of carbonyl (C=O) groups excluding carboxylic acids is 3. The van der Waals surface area contributed by atoms with Gasteiger partial charge in [0.2, 0.25) is 6.41 Å². The molecule has 1 aromatic rings. The molecular formula is C18H26N4O4. The molecule has 1 aromatic heterocycles. The smallest absolute Gasteiger partial charge is 0.322 e. The van der Waals surface area contributed by atoms with Crippen LogP contribution in [-0.2, 0) is 16.0 Å². The Morgan fingerprint density at radius 2 is 2.08 bits per heavy atom. The first-order valence-corrected chi connectivity index (χ1v) is 9.07. The van der Waals surface area contributed by atoms with Gasteiger partial charge in [0.25, 0.3) is 5.91 Å². The summed E-state index contributed by atoms with van der Waals surface area (Å²) in [4.78, 5) is 40.8. The highest BCUT2D eigenvalue weighted by Gasteiger charge is 2.34. The summed E-state index contributed by atoms with van der Waals surface area (Å²) in [6, 6.07) is 0.254. The van der Waals surface area contributed by atoms with E-state index in [9.17, 15) is 14.4 Å². The molecule has 0 aliphatic carbocycles. The number of aryl methyl sites for hydroxylation is 1. The van der Waals surface area contributed by atoms with E-state index >= 15 is 0 Å². The zero-order chi connectivity index (χ0) is 19.1. The van der Waals surface area contributed by atoms with E-state index in [2.05, 4.69) is 22.5 Å². The third-order valence-electron chi connectivity index (χ3n) is 4.21. The van der Waals surface area contributed by atoms with Gasteiger partial charge in [-0.3, -0.25) is 14.9 Å². The highest BCUT2D eigenvalue weighted by molar-refractivity contribution is 6.04. The molecule has 0 bridgehead atoms. The minimum Gasteiger partial charge on any atom is -0.461 e. The highest BCUT2D eigenvalue weighted by Crippen LogP contribution is 2.30. The van der Waals surface area contributed by atoms with E-state index in [1.165, 1.54) is 0 Å². The summed E-state index contributed by atoms with van der Waals surface area (Å²) >= 11 is 0. The molecule has 0 radical (unpaired) electrons. The number of nitrogens with zero attached hydrogens (tertiary/aromatic N) is 2. The molecule has 8 nitrogen and oxygen atoms in total. The summed E-state index contributed by atoms with van der Waals surface area (Å²) in [6.45, 7) is 6.58. The van der Waals surface area contributed by atoms with Gasteiger partial charge in [-0.15, -0.1) is 0 Å². The van der Waals surface area contributed by atoms with Crippen molar-refractivity contribution in [2.24, 2.45) is 4.99 Å². The van der Waals surface area contributed by atoms with Gasteiger partial charge in [-0.1, -0.05) is 33.6 Å². The summed E-state index contributed by atoms with van der Waals surface area (Å²) in [5, 5.41) is 4.69. The first-order valence-electron chi connectivity index (χ1n) is 9.07. The number of hydrogen-bond donors (Lipinski definition) is 2. The van der Waals surface area contributed by atoms with Crippen molar-refractivity contribution in [1.82, 2.24) is 15.5 Å². The average molecular weight is 362 g/mol. The Hall–Kier alpha value is -2.64. The highest BCUT2D eigenvalue weighted by atomic mass is 16.3. The van der Waals surface area contributed by atoms with Crippen LogP contribution in [0.4, 0.5) is 10.5 Å². The largest absolute Gasteiger partial charge is 0.461 e. The fraction of sp³-hybridized carbons (Fsp3) is 0.556. The van der Waals surface area contributed by atoms with Crippen LogP contribution in [-0.4, -0.2) is 35.6 Å². The quantitative estimate of drug-likeness (QED) is 0.232. The molecule has 142 valence electrons. The van der Waals surface area contributed by atoms with Crippen LogP contribution >= 0.6 is 0 Å². The Labute approximate surface area is 153 Å². The van der Waals surface area contributed by atoms with E-state index in [4.69, 9.17) is 4.42 Å². The summed E-state index contributed by atoms with van der Waals surface area (Å²) in [6.07, 6.45) is 5.01. The standard InChI is InChI=1S/C18H26N4O4/c1-4-7-8-9-22(11-23)15(6-3)19-12-10-14(26-13(12)5-2)16-17(24)21-18(25)20-16/h10-11,16H,4-9H2,1-3H3,(H2,20,21,24,25). The maximum atomic E-state index is 11.8. The molecule has 2 heterocycles. The van der Waals surface area contributed by atoms with Gasteiger partial charge in [0.15, 0.2) is 6.04 Å². The molecule has 1 unspecified atom stereocenters. The molecule has 0 aromatic carbocycles. The number of amides is 4. The third-order valence-corrected chi connectivity index (χ3v) is 4.21. The Balaban J connectivity index is 2.27. The second kappa shape index (κ2) is 9.17. The predicted molar refractivity (Wildman–Crippen MR) is 97.2 cm³/mol. The van der Waals surface area contributed by atoms with Gasteiger partial charge in [-0.05, 0) is 6.42 Å². The van der Waals surface area contributed by atoms with Crippen LogP contribution in [0.2, 0.25) is 0 Å². The average Bonchev–Trinajstić information content (AvgIpc) is 3.19. The van der Waals surface area contributed by atoms with Crippen LogP contribution in [0.25, 0.3) is 0 Å². The molecule has 4 amide bonds. The number of hydrogen-bond acceptors (Lipinski definition) is 5. The van der Waals surface area contributed by atoms with Crippen LogP contribution < -0.4 is 10.6 Å². The van der Waals surface area contributed by atoms with Crippen molar-refractivity contribution >= 4 is 29.9 Å². The molecule has 1 fully saturated rings. The van der Waals surface area contributed by atoms with E-state index in [-0.39, 0.29) is 0 Å². The number of urea groups is 1. The Bertz CT molecular complexity index is 695.